The number of nitrogens with zero attached hydrogens (tertiary/aromatic N) is 3. The number of carbonyl (C=O) groups is 1. The van der Waals surface area contributed by atoms with E-state index in [0.29, 0.717) is 5.82 Å². The van der Waals surface area contributed by atoms with Crippen LogP contribution in [0.25, 0.3) is 10.1 Å². The van der Waals surface area contributed by atoms with Crippen molar-refractivity contribution in [1.82, 2.24) is 15.0 Å². The van der Waals surface area contributed by atoms with Crippen LogP contribution >= 0.6 is 11.3 Å². The Labute approximate surface area is 149 Å². The number of likely N-dealkylation sites (tertiary alicyclic amines) is 1. The van der Waals surface area contributed by atoms with E-state index in [1.807, 2.05) is 30.0 Å². The number of aryl methyl sites for hydroxylation is 1. The number of methoxy groups -OCH3 is 1. The van der Waals surface area contributed by atoms with Crippen LogP contribution in [0.3, 0.4) is 0 Å². The van der Waals surface area contributed by atoms with Crippen molar-refractivity contribution in [1.29, 1.82) is 0 Å². The normalized spacial score (nSPS) is 17.8. The second-order valence-electron chi connectivity index (χ2n) is 6.22. The molecule has 25 heavy (non-hydrogen) atoms. The molecule has 1 amide bonds. The van der Waals surface area contributed by atoms with Gasteiger partial charge in [0, 0.05) is 11.2 Å². The topological polar surface area (TPSA) is 68.5 Å². The second-order valence-corrected chi connectivity index (χ2v) is 7.27. The number of thiophene rings is 1. The third kappa shape index (κ3) is 2.78. The lowest BCUT2D eigenvalue weighted by Gasteiger charge is -2.33. The van der Waals surface area contributed by atoms with Crippen LogP contribution in [0, 0.1) is 6.92 Å². The smallest absolute Gasteiger partial charge is 0.264 e. The highest BCUT2D eigenvalue weighted by molar-refractivity contribution is 7.21. The van der Waals surface area contributed by atoms with Gasteiger partial charge in [-0.2, -0.15) is 4.98 Å². The first kappa shape index (κ1) is 16.1. The number of piperidine rings is 1. The molecule has 0 spiro atoms. The number of ether oxygens (including phenoxy) is 1. The predicted octanol–water partition coefficient (Wildman–Crippen LogP) is 3.97. The third-order valence-corrected chi connectivity index (χ3v) is 6.04. The van der Waals surface area contributed by atoms with Gasteiger partial charge in [-0.05, 0) is 55.3 Å². The predicted molar refractivity (Wildman–Crippen MR) is 95.0 cm³/mol. The quantitative estimate of drug-likeness (QED) is 0.709. The van der Waals surface area contributed by atoms with E-state index in [1.165, 1.54) is 17.7 Å². The lowest BCUT2D eigenvalue weighted by Crippen LogP contribution is -2.38. The minimum absolute atomic E-state index is 0.0483. The Morgan fingerprint density at radius 1 is 1.40 bits per heavy atom. The molecule has 2 aromatic heterocycles. The lowest BCUT2D eigenvalue weighted by molar-refractivity contribution is 0.0601. The van der Waals surface area contributed by atoms with E-state index < -0.39 is 0 Å². The molecule has 1 aromatic carbocycles. The van der Waals surface area contributed by atoms with Crippen molar-refractivity contribution in [2.45, 2.75) is 32.2 Å². The summed E-state index contributed by atoms with van der Waals surface area (Å²) in [4.78, 5) is 20.1. The fourth-order valence-corrected chi connectivity index (χ4v) is 4.58. The summed E-state index contributed by atoms with van der Waals surface area (Å²) in [7, 11) is 1.65. The number of hydrogen-bond donors (Lipinski definition) is 0. The minimum atomic E-state index is -0.112. The summed E-state index contributed by atoms with van der Waals surface area (Å²) >= 11 is 1.53. The molecule has 1 atom stereocenters. The molecule has 4 rings (SSSR count). The number of hydrogen-bond acceptors (Lipinski definition) is 6. The van der Waals surface area contributed by atoms with E-state index in [9.17, 15) is 4.79 Å². The van der Waals surface area contributed by atoms with Gasteiger partial charge < -0.3 is 14.2 Å². The van der Waals surface area contributed by atoms with Crippen molar-refractivity contribution in [3.05, 3.63) is 40.9 Å². The van der Waals surface area contributed by atoms with E-state index in [-0.39, 0.29) is 11.9 Å². The lowest BCUT2D eigenvalue weighted by atomic mass is 10.0. The standard InChI is InChI=1S/C18H19N3O3S/c1-11-13-9-12(23-2)6-7-15(13)25-16(11)18(22)21-8-4-3-5-14(21)17-19-10-24-20-17/h6-7,9-10,14H,3-5,8H2,1-2H3. The van der Waals surface area contributed by atoms with Gasteiger partial charge in [-0.25, -0.2) is 0 Å². The molecule has 1 unspecified atom stereocenters. The Balaban J connectivity index is 1.72. The summed E-state index contributed by atoms with van der Waals surface area (Å²) in [5, 5.41) is 5.03. The molecule has 3 heterocycles. The number of benzene rings is 1. The average Bonchev–Trinajstić information content (AvgIpc) is 3.29. The summed E-state index contributed by atoms with van der Waals surface area (Å²) in [6.07, 6.45) is 4.25. The first-order valence-electron chi connectivity index (χ1n) is 8.33. The molecule has 0 N–H and O–H groups in total. The summed E-state index contributed by atoms with van der Waals surface area (Å²) in [5.41, 5.74) is 1.00. The van der Waals surface area contributed by atoms with Gasteiger partial charge in [-0.1, -0.05) is 5.16 Å². The zero-order chi connectivity index (χ0) is 17.4. The highest BCUT2D eigenvalue weighted by Gasteiger charge is 2.33. The van der Waals surface area contributed by atoms with Gasteiger partial charge >= 0.3 is 0 Å². The summed E-state index contributed by atoms with van der Waals surface area (Å²) in [6.45, 7) is 2.72. The van der Waals surface area contributed by atoms with Crippen molar-refractivity contribution < 1.29 is 14.1 Å². The first-order chi connectivity index (χ1) is 12.2. The zero-order valence-corrected chi connectivity index (χ0v) is 15.0. The summed E-state index contributed by atoms with van der Waals surface area (Å²) in [6, 6.07) is 5.81. The Bertz CT molecular complexity index is 904. The Hall–Kier alpha value is -2.41. The van der Waals surface area contributed by atoms with Crippen LogP contribution < -0.4 is 4.74 Å². The fraction of sp³-hybridized carbons (Fsp3) is 0.389. The van der Waals surface area contributed by atoms with Crippen molar-refractivity contribution in [3.8, 4) is 5.75 Å². The molecule has 6 nitrogen and oxygen atoms in total. The molecule has 0 aliphatic carbocycles. The highest BCUT2D eigenvalue weighted by Crippen LogP contribution is 2.37. The largest absolute Gasteiger partial charge is 0.497 e. The van der Waals surface area contributed by atoms with Crippen molar-refractivity contribution in [3.63, 3.8) is 0 Å². The molecule has 1 aliphatic rings. The fourth-order valence-electron chi connectivity index (χ4n) is 3.43. The number of aromatic nitrogens is 2. The highest BCUT2D eigenvalue weighted by atomic mass is 32.1. The molecule has 1 fully saturated rings. The maximum absolute atomic E-state index is 13.3. The summed E-state index contributed by atoms with van der Waals surface area (Å²) in [5.74, 6) is 1.44. The van der Waals surface area contributed by atoms with Crippen LogP contribution in [0.2, 0.25) is 0 Å². The zero-order valence-electron chi connectivity index (χ0n) is 14.2. The van der Waals surface area contributed by atoms with Gasteiger partial charge in [0.1, 0.15) is 5.75 Å². The van der Waals surface area contributed by atoms with E-state index in [1.54, 1.807) is 7.11 Å². The molecule has 130 valence electrons. The molecule has 1 aliphatic heterocycles. The van der Waals surface area contributed by atoms with Crippen LogP contribution in [-0.4, -0.2) is 34.6 Å². The average molecular weight is 357 g/mol. The van der Waals surface area contributed by atoms with Gasteiger partial charge in [-0.3, -0.25) is 4.79 Å². The van der Waals surface area contributed by atoms with Gasteiger partial charge in [0.2, 0.25) is 6.39 Å². The van der Waals surface area contributed by atoms with E-state index in [2.05, 4.69) is 10.1 Å². The molecule has 0 bridgehead atoms. The molecule has 3 aromatic rings. The third-order valence-electron chi connectivity index (χ3n) is 4.78. The number of fused-ring (bicyclic) bond motifs is 1. The van der Waals surface area contributed by atoms with E-state index >= 15 is 0 Å². The SMILES string of the molecule is COc1ccc2sc(C(=O)N3CCCCC3c3ncon3)c(C)c2c1. The Morgan fingerprint density at radius 2 is 2.28 bits per heavy atom. The van der Waals surface area contributed by atoms with Gasteiger partial charge in [-0.15, -0.1) is 11.3 Å². The molecule has 1 saturated heterocycles. The molecular weight excluding hydrogens is 338 g/mol. The van der Waals surface area contributed by atoms with Gasteiger partial charge in [0.05, 0.1) is 18.0 Å². The van der Waals surface area contributed by atoms with E-state index in [0.717, 1.165) is 52.1 Å². The number of amides is 1. The Kier molecular flexibility index (Phi) is 4.17. The Morgan fingerprint density at radius 3 is 3.04 bits per heavy atom. The van der Waals surface area contributed by atoms with Crippen molar-refractivity contribution >= 4 is 27.3 Å². The van der Waals surface area contributed by atoms with Crippen LogP contribution in [0.1, 0.15) is 46.4 Å². The van der Waals surface area contributed by atoms with Crippen LogP contribution in [0.15, 0.2) is 29.1 Å². The molecular formula is C18H19N3O3S. The maximum atomic E-state index is 13.3. The molecule has 0 radical (unpaired) electrons. The van der Waals surface area contributed by atoms with Crippen molar-refractivity contribution in [2.75, 3.05) is 13.7 Å². The van der Waals surface area contributed by atoms with Crippen molar-refractivity contribution in [2.24, 2.45) is 0 Å². The van der Waals surface area contributed by atoms with Crippen LogP contribution in [0.4, 0.5) is 0 Å². The van der Waals surface area contributed by atoms with E-state index in [4.69, 9.17) is 9.26 Å². The molecule has 7 heteroatoms. The monoisotopic (exact) mass is 357 g/mol. The van der Waals surface area contributed by atoms with Crippen LogP contribution in [0.5, 0.6) is 5.75 Å². The van der Waals surface area contributed by atoms with Gasteiger partial charge in [0.25, 0.3) is 5.91 Å². The second kappa shape index (κ2) is 6.48. The maximum Gasteiger partial charge on any atom is 0.264 e. The van der Waals surface area contributed by atoms with Crippen LogP contribution in [-0.2, 0) is 0 Å². The molecule has 0 saturated carbocycles. The van der Waals surface area contributed by atoms with Gasteiger partial charge in [0.15, 0.2) is 5.82 Å². The number of rotatable bonds is 3. The first-order valence-corrected chi connectivity index (χ1v) is 9.15. The minimum Gasteiger partial charge on any atom is -0.497 e. The number of carbonyl (C=O) groups excluding carboxylic acids is 1. The summed E-state index contributed by atoms with van der Waals surface area (Å²) < 4.78 is 11.3.